The Morgan fingerprint density at radius 2 is 1.90 bits per heavy atom. The number of carboxylic acid groups (broad SMARTS) is 1. The third kappa shape index (κ3) is 4.04. The molecule has 0 fully saturated rings. The quantitative estimate of drug-likeness (QED) is 0.871. The van der Waals surface area contributed by atoms with Crippen LogP contribution in [-0.2, 0) is 11.2 Å². The Balaban J connectivity index is 2.09. The zero-order chi connectivity index (χ0) is 15.5. The van der Waals surface area contributed by atoms with Gasteiger partial charge in [0.15, 0.2) is 0 Å². The second-order valence-corrected chi connectivity index (χ2v) is 6.80. The third-order valence-corrected chi connectivity index (χ3v) is 4.14. The maximum absolute atomic E-state index is 11.1. The lowest BCUT2D eigenvalue weighted by atomic mass is 9.87. The number of nitrogens with zero attached hydrogens (tertiary/aromatic N) is 2. The highest BCUT2D eigenvalue weighted by molar-refractivity contribution is 7.98. The van der Waals surface area contributed by atoms with Crippen LogP contribution in [0.4, 0.5) is 0 Å². The first-order valence-corrected chi connectivity index (χ1v) is 7.62. The van der Waals surface area contributed by atoms with E-state index in [2.05, 4.69) is 55.0 Å². The first-order valence-electron chi connectivity index (χ1n) is 6.63. The van der Waals surface area contributed by atoms with Gasteiger partial charge in [0.25, 0.3) is 0 Å². The zero-order valence-electron chi connectivity index (χ0n) is 12.3. The Bertz CT molecular complexity index is 633. The first kappa shape index (κ1) is 15.5. The minimum Gasteiger partial charge on any atom is -0.478 e. The van der Waals surface area contributed by atoms with Crippen LogP contribution in [0.15, 0.2) is 41.7 Å². The van der Waals surface area contributed by atoms with E-state index in [0.29, 0.717) is 11.4 Å². The fourth-order valence-electron chi connectivity index (χ4n) is 1.85. The molecule has 0 saturated heterocycles. The van der Waals surface area contributed by atoms with Crippen molar-refractivity contribution in [3.8, 4) is 0 Å². The molecule has 0 radical (unpaired) electrons. The van der Waals surface area contributed by atoms with E-state index in [1.165, 1.54) is 18.1 Å². The van der Waals surface area contributed by atoms with E-state index in [-0.39, 0.29) is 11.0 Å². The summed E-state index contributed by atoms with van der Waals surface area (Å²) in [5.41, 5.74) is 2.12. The van der Waals surface area contributed by atoms with Gasteiger partial charge in [-0.15, -0.1) is 11.8 Å². The summed E-state index contributed by atoms with van der Waals surface area (Å²) in [6.45, 7) is 6.53. The number of aromatic carboxylic acids is 1. The second-order valence-electron chi connectivity index (χ2n) is 5.75. The molecule has 0 aliphatic rings. The summed E-state index contributed by atoms with van der Waals surface area (Å²) in [5, 5.41) is 9.10. The van der Waals surface area contributed by atoms with Crippen LogP contribution in [-0.4, -0.2) is 21.0 Å². The Hall–Kier alpha value is -1.88. The molecule has 1 heterocycles. The van der Waals surface area contributed by atoms with Crippen molar-refractivity contribution < 1.29 is 9.90 Å². The molecule has 1 aromatic carbocycles. The summed E-state index contributed by atoms with van der Waals surface area (Å²) >= 11 is 1.57. The number of carbonyl (C=O) groups is 1. The smallest absolute Gasteiger partial charge is 0.339 e. The molecule has 0 aliphatic carbocycles. The van der Waals surface area contributed by atoms with Gasteiger partial charge in [0.05, 0.1) is 5.69 Å². The minimum atomic E-state index is -0.991. The summed E-state index contributed by atoms with van der Waals surface area (Å²) in [7, 11) is 0. The number of hydrogen-bond acceptors (Lipinski definition) is 4. The summed E-state index contributed by atoms with van der Waals surface area (Å²) in [6, 6.07) is 8.35. The third-order valence-electron chi connectivity index (χ3n) is 3.12. The van der Waals surface area contributed by atoms with E-state index in [9.17, 15) is 4.79 Å². The van der Waals surface area contributed by atoms with Gasteiger partial charge in [-0.25, -0.2) is 14.8 Å². The molecule has 4 nitrogen and oxygen atoms in total. The summed E-state index contributed by atoms with van der Waals surface area (Å²) in [6.07, 6.45) is 2.72. The van der Waals surface area contributed by atoms with Crippen LogP contribution in [0.1, 0.15) is 42.4 Å². The van der Waals surface area contributed by atoms with E-state index in [1.54, 1.807) is 11.8 Å². The molecule has 0 saturated carbocycles. The number of benzene rings is 1. The van der Waals surface area contributed by atoms with Crippen LogP contribution in [0.2, 0.25) is 0 Å². The van der Waals surface area contributed by atoms with Crippen molar-refractivity contribution in [2.45, 2.75) is 36.8 Å². The molecule has 2 aromatic rings. The normalized spacial score (nSPS) is 11.4. The first-order chi connectivity index (χ1) is 9.88. The molecule has 110 valence electrons. The van der Waals surface area contributed by atoms with Crippen LogP contribution in [0.25, 0.3) is 0 Å². The molecular formula is C16H18N2O2S. The highest BCUT2D eigenvalue weighted by Gasteiger charge is 2.14. The predicted octanol–water partition coefficient (Wildman–Crippen LogP) is 3.76. The highest BCUT2D eigenvalue weighted by Crippen LogP contribution is 2.27. The average Bonchev–Trinajstić information content (AvgIpc) is 2.45. The minimum absolute atomic E-state index is 0.131. The Morgan fingerprint density at radius 1 is 1.24 bits per heavy atom. The number of carboxylic acids is 1. The molecule has 1 aromatic heterocycles. The molecule has 0 aliphatic heterocycles. The van der Waals surface area contributed by atoms with Crippen LogP contribution >= 0.6 is 11.8 Å². The van der Waals surface area contributed by atoms with Crippen LogP contribution in [0.5, 0.6) is 0 Å². The number of hydrogen-bond donors (Lipinski definition) is 1. The number of rotatable bonds is 4. The Labute approximate surface area is 128 Å². The van der Waals surface area contributed by atoms with Gasteiger partial charge in [-0.3, -0.25) is 0 Å². The summed E-state index contributed by atoms with van der Waals surface area (Å²) < 4.78 is 0. The fourth-order valence-corrected chi connectivity index (χ4v) is 2.71. The molecule has 21 heavy (non-hydrogen) atoms. The van der Waals surface area contributed by atoms with Crippen molar-refractivity contribution in [1.82, 2.24) is 9.97 Å². The largest absolute Gasteiger partial charge is 0.478 e. The van der Waals surface area contributed by atoms with Crippen molar-refractivity contribution in [2.24, 2.45) is 0 Å². The van der Waals surface area contributed by atoms with Crippen molar-refractivity contribution in [3.63, 3.8) is 0 Å². The second kappa shape index (κ2) is 6.26. The lowest BCUT2D eigenvalue weighted by Crippen LogP contribution is -2.10. The molecular weight excluding hydrogens is 284 g/mol. The van der Waals surface area contributed by atoms with Gasteiger partial charge in [0.2, 0.25) is 0 Å². The lowest BCUT2D eigenvalue weighted by Gasteiger charge is -2.19. The van der Waals surface area contributed by atoms with E-state index in [0.717, 1.165) is 4.90 Å². The summed E-state index contributed by atoms with van der Waals surface area (Å²) in [5.74, 6) is -0.478. The maximum Gasteiger partial charge on any atom is 0.339 e. The molecule has 2 rings (SSSR count). The molecule has 0 atom stereocenters. The average molecular weight is 302 g/mol. The molecule has 0 unspecified atom stereocenters. The van der Waals surface area contributed by atoms with Gasteiger partial charge < -0.3 is 5.11 Å². The van der Waals surface area contributed by atoms with Crippen molar-refractivity contribution in [2.75, 3.05) is 0 Å². The van der Waals surface area contributed by atoms with Crippen LogP contribution in [0, 0.1) is 0 Å². The molecule has 5 heteroatoms. The Kier molecular flexibility index (Phi) is 4.63. The van der Waals surface area contributed by atoms with Gasteiger partial charge in [0.1, 0.15) is 11.9 Å². The molecule has 1 N–H and O–H groups in total. The zero-order valence-corrected chi connectivity index (χ0v) is 13.1. The monoisotopic (exact) mass is 302 g/mol. The van der Waals surface area contributed by atoms with Crippen LogP contribution in [0.3, 0.4) is 0 Å². The lowest BCUT2D eigenvalue weighted by molar-refractivity contribution is 0.0695. The molecule has 0 amide bonds. The highest BCUT2D eigenvalue weighted by atomic mass is 32.2. The Morgan fingerprint density at radius 3 is 2.48 bits per heavy atom. The standard InChI is InChI=1S/C16H18N2O2S/c1-16(2,3)11-4-6-12(7-5-11)21-9-14-13(15(19)20)8-17-10-18-14/h4-8,10H,9H2,1-3H3,(H,19,20). The number of aromatic nitrogens is 2. The van der Waals surface area contributed by atoms with Gasteiger partial charge in [-0.2, -0.15) is 0 Å². The van der Waals surface area contributed by atoms with E-state index in [1.807, 2.05) is 0 Å². The molecule has 0 spiro atoms. The van der Waals surface area contributed by atoms with Gasteiger partial charge in [0, 0.05) is 16.8 Å². The van der Waals surface area contributed by atoms with Crippen molar-refractivity contribution in [1.29, 1.82) is 0 Å². The van der Waals surface area contributed by atoms with Crippen molar-refractivity contribution >= 4 is 17.7 Å². The van der Waals surface area contributed by atoms with E-state index >= 15 is 0 Å². The topological polar surface area (TPSA) is 63.1 Å². The molecule has 0 bridgehead atoms. The summed E-state index contributed by atoms with van der Waals surface area (Å²) in [4.78, 5) is 20.0. The predicted molar refractivity (Wildman–Crippen MR) is 83.7 cm³/mol. The maximum atomic E-state index is 11.1. The van der Waals surface area contributed by atoms with Crippen LogP contribution < -0.4 is 0 Å². The SMILES string of the molecule is CC(C)(C)c1ccc(SCc2ncncc2C(=O)O)cc1. The van der Waals surface area contributed by atoms with Gasteiger partial charge in [-0.05, 0) is 23.1 Å². The van der Waals surface area contributed by atoms with Gasteiger partial charge >= 0.3 is 5.97 Å². The van der Waals surface area contributed by atoms with Gasteiger partial charge in [-0.1, -0.05) is 32.9 Å². The number of thioether (sulfide) groups is 1. The van der Waals surface area contributed by atoms with E-state index < -0.39 is 5.97 Å². The van der Waals surface area contributed by atoms with Crippen molar-refractivity contribution in [3.05, 3.63) is 53.6 Å². The van der Waals surface area contributed by atoms with E-state index in [4.69, 9.17) is 5.11 Å². The fraction of sp³-hybridized carbons (Fsp3) is 0.312.